The molecule has 0 spiro atoms. The number of primary amides is 1. The predicted molar refractivity (Wildman–Crippen MR) is 155 cm³/mol. The molecule has 0 radical (unpaired) electrons. The lowest BCUT2D eigenvalue weighted by molar-refractivity contribution is 0.213. The number of carbonyl (C=O) groups excluding carboxylic acids is 1. The second kappa shape index (κ2) is 12.4. The van der Waals surface area contributed by atoms with Crippen molar-refractivity contribution < 1.29 is 22.1 Å². The van der Waals surface area contributed by atoms with E-state index in [1.807, 2.05) is 18.2 Å². The molecular weight excluding hydrogens is 560 g/mol. The molecule has 1 aliphatic rings. The van der Waals surface area contributed by atoms with Crippen molar-refractivity contribution in [2.45, 2.75) is 18.9 Å². The molecule has 1 saturated heterocycles. The second-order valence-corrected chi connectivity index (χ2v) is 10.9. The molecule has 3 aromatic rings. The first-order valence-corrected chi connectivity index (χ1v) is 14.1. The molecule has 2 aromatic carbocycles. The van der Waals surface area contributed by atoms with Crippen LogP contribution in [0.1, 0.15) is 12.8 Å². The Kier molecular flexibility index (Phi) is 9.02. The monoisotopic (exact) mass is 590 g/mol. The summed E-state index contributed by atoms with van der Waals surface area (Å²) in [7, 11) is 1.33. The molecule has 0 atom stereocenters. The van der Waals surface area contributed by atoms with E-state index in [-0.39, 0.29) is 28.2 Å². The van der Waals surface area contributed by atoms with Gasteiger partial charge in [0.25, 0.3) is 0 Å². The molecule has 1 fully saturated rings. The van der Waals surface area contributed by atoms with Gasteiger partial charge in [0, 0.05) is 30.9 Å². The first-order valence-electron chi connectivity index (χ1n) is 12.3. The Labute approximate surface area is 237 Å². The van der Waals surface area contributed by atoms with E-state index in [2.05, 4.69) is 53.4 Å². The summed E-state index contributed by atoms with van der Waals surface area (Å²) < 4.78 is 36.0. The number of carbonyl (C=O) groups is 1. The van der Waals surface area contributed by atoms with Gasteiger partial charge in [0.05, 0.1) is 30.4 Å². The standard InChI is InChI=1S/C25H31ClN8O5S/c1-33(2)16-10-12-34(13-11-16)17-8-9-21(22(14-17)38-3)30-25-28-15-18(26)23(31-25)29-19-6-4-5-7-20(19)32-40(36,37)39-24(27)35/h4-9,14-16,32H,10-13H2,1-3H3,(H2,27,35)(H2,28,29,30,31). The molecular formula is C25H31ClN8O5S. The van der Waals surface area contributed by atoms with Crippen LogP contribution in [-0.4, -0.2) is 69.7 Å². The number of ether oxygens (including phenoxy) is 1. The fourth-order valence-corrected chi connectivity index (χ4v) is 5.17. The van der Waals surface area contributed by atoms with Crippen LogP contribution >= 0.6 is 11.6 Å². The van der Waals surface area contributed by atoms with Gasteiger partial charge in [-0.1, -0.05) is 23.7 Å². The van der Waals surface area contributed by atoms with Crippen molar-refractivity contribution in [1.82, 2.24) is 14.9 Å². The number of aromatic nitrogens is 2. The normalized spacial score (nSPS) is 14.1. The quantitative estimate of drug-likeness (QED) is 0.270. The molecule has 0 bridgehead atoms. The number of para-hydroxylation sites is 2. The highest BCUT2D eigenvalue weighted by molar-refractivity contribution is 7.88. The fourth-order valence-electron chi connectivity index (χ4n) is 4.33. The third kappa shape index (κ3) is 7.34. The van der Waals surface area contributed by atoms with Crippen molar-refractivity contribution in [3.63, 3.8) is 0 Å². The van der Waals surface area contributed by atoms with E-state index in [0.29, 0.717) is 17.5 Å². The van der Waals surface area contributed by atoms with Gasteiger partial charge in [-0.25, -0.2) is 14.5 Å². The third-order valence-corrected chi connectivity index (χ3v) is 7.47. The van der Waals surface area contributed by atoms with Crippen molar-refractivity contribution in [2.75, 3.05) is 54.6 Å². The van der Waals surface area contributed by atoms with Gasteiger partial charge in [0.15, 0.2) is 5.82 Å². The summed E-state index contributed by atoms with van der Waals surface area (Å²) in [4.78, 5) is 24.2. The van der Waals surface area contributed by atoms with Gasteiger partial charge in [-0.2, -0.15) is 13.4 Å². The van der Waals surface area contributed by atoms with Gasteiger partial charge in [-0.05, 0) is 51.2 Å². The van der Waals surface area contributed by atoms with Crippen molar-refractivity contribution >= 4 is 62.5 Å². The number of halogens is 1. The SMILES string of the molecule is COc1cc(N2CCC(N(C)C)CC2)ccc1Nc1ncc(Cl)c(Nc2ccccc2NS(=O)(=O)OC(N)=O)n1. The molecule has 0 saturated carbocycles. The molecule has 4 rings (SSSR count). The van der Waals surface area contributed by atoms with Crippen LogP contribution in [0.2, 0.25) is 5.02 Å². The van der Waals surface area contributed by atoms with Gasteiger partial charge >= 0.3 is 16.4 Å². The van der Waals surface area contributed by atoms with E-state index in [4.69, 9.17) is 22.1 Å². The Balaban J connectivity index is 1.51. The van der Waals surface area contributed by atoms with Gasteiger partial charge in [-0.15, -0.1) is 0 Å². The maximum absolute atomic E-state index is 12.0. The van der Waals surface area contributed by atoms with Crippen LogP contribution in [-0.2, 0) is 14.5 Å². The number of hydrogen-bond donors (Lipinski definition) is 4. The van der Waals surface area contributed by atoms with E-state index in [9.17, 15) is 13.2 Å². The zero-order chi connectivity index (χ0) is 28.9. The van der Waals surface area contributed by atoms with Crippen LogP contribution in [0.3, 0.4) is 0 Å². The summed E-state index contributed by atoms with van der Waals surface area (Å²) in [5, 5.41) is 6.30. The average Bonchev–Trinajstić information content (AvgIpc) is 2.91. The minimum absolute atomic E-state index is 0.0693. The molecule has 1 aromatic heterocycles. The molecule has 0 aliphatic carbocycles. The molecule has 214 valence electrons. The van der Waals surface area contributed by atoms with E-state index in [1.165, 1.54) is 12.3 Å². The summed E-state index contributed by atoms with van der Waals surface area (Å²) in [5.41, 5.74) is 6.90. The van der Waals surface area contributed by atoms with Crippen LogP contribution in [0.5, 0.6) is 5.75 Å². The van der Waals surface area contributed by atoms with Crippen LogP contribution in [0.4, 0.5) is 39.3 Å². The highest BCUT2D eigenvalue weighted by Crippen LogP contribution is 2.34. The smallest absolute Gasteiger partial charge is 0.421 e. The molecule has 40 heavy (non-hydrogen) atoms. The zero-order valence-corrected chi connectivity index (χ0v) is 23.8. The number of methoxy groups -OCH3 is 1. The number of anilines is 6. The first kappa shape index (κ1) is 29.0. The molecule has 2 heterocycles. The maximum Gasteiger partial charge on any atom is 0.421 e. The summed E-state index contributed by atoms with van der Waals surface area (Å²) in [6.07, 6.45) is 2.11. The first-order chi connectivity index (χ1) is 19.0. The number of nitrogens with two attached hydrogens (primary N) is 1. The highest BCUT2D eigenvalue weighted by atomic mass is 35.5. The molecule has 1 aliphatic heterocycles. The van der Waals surface area contributed by atoms with E-state index >= 15 is 0 Å². The minimum atomic E-state index is -4.50. The molecule has 0 unspecified atom stereocenters. The Morgan fingerprint density at radius 1 is 1.10 bits per heavy atom. The van der Waals surface area contributed by atoms with Gasteiger partial charge < -0.3 is 35.1 Å². The largest absolute Gasteiger partial charge is 0.494 e. The average molecular weight is 591 g/mol. The molecule has 5 N–H and O–H groups in total. The topological polar surface area (TPSA) is 164 Å². The third-order valence-electron chi connectivity index (χ3n) is 6.34. The zero-order valence-electron chi connectivity index (χ0n) is 22.2. The van der Waals surface area contributed by atoms with Crippen molar-refractivity contribution in [3.05, 3.63) is 53.7 Å². The summed E-state index contributed by atoms with van der Waals surface area (Å²) in [6, 6.07) is 12.8. The van der Waals surface area contributed by atoms with Crippen LogP contribution in [0.25, 0.3) is 0 Å². The van der Waals surface area contributed by atoms with Crippen molar-refractivity contribution in [1.29, 1.82) is 0 Å². The van der Waals surface area contributed by atoms with Gasteiger partial charge in [0.1, 0.15) is 10.8 Å². The number of nitrogens with zero attached hydrogens (tertiary/aromatic N) is 4. The van der Waals surface area contributed by atoms with Gasteiger partial charge in [-0.3, -0.25) is 0 Å². The van der Waals surface area contributed by atoms with Crippen LogP contribution in [0.15, 0.2) is 48.7 Å². The number of piperidine rings is 1. The highest BCUT2D eigenvalue weighted by Gasteiger charge is 2.22. The molecule has 15 heteroatoms. The van der Waals surface area contributed by atoms with E-state index < -0.39 is 16.4 Å². The second-order valence-electron chi connectivity index (χ2n) is 9.21. The minimum Gasteiger partial charge on any atom is -0.494 e. The number of nitrogens with one attached hydrogen (secondary N) is 3. The maximum atomic E-state index is 12.0. The Hall–Kier alpha value is -4.01. The van der Waals surface area contributed by atoms with Crippen molar-refractivity contribution in [2.24, 2.45) is 5.73 Å². The lowest BCUT2D eigenvalue weighted by Gasteiger charge is -2.36. The fraction of sp³-hybridized carbons (Fsp3) is 0.320. The lowest BCUT2D eigenvalue weighted by Crippen LogP contribution is -2.41. The summed E-state index contributed by atoms with van der Waals surface area (Å²) >= 11 is 6.33. The summed E-state index contributed by atoms with van der Waals surface area (Å²) in [6.45, 7) is 1.92. The predicted octanol–water partition coefficient (Wildman–Crippen LogP) is 3.91. The summed E-state index contributed by atoms with van der Waals surface area (Å²) in [5.74, 6) is 1.04. The van der Waals surface area contributed by atoms with E-state index in [0.717, 1.165) is 31.6 Å². The molecule has 1 amide bonds. The Morgan fingerprint density at radius 3 is 2.45 bits per heavy atom. The number of amides is 1. The van der Waals surface area contributed by atoms with Gasteiger partial charge in [0.2, 0.25) is 5.95 Å². The number of benzene rings is 2. The lowest BCUT2D eigenvalue weighted by atomic mass is 10.0. The Morgan fingerprint density at radius 2 is 1.80 bits per heavy atom. The van der Waals surface area contributed by atoms with Crippen LogP contribution < -0.4 is 30.7 Å². The van der Waals surface area contributed by atoms with Crippen molar-refractivity contribution in [3.8, 4) is 5.75 Å². The molecule has 13 nitrogen and oxygen atoms in total. The number of hydrogen-bond acceptors (Lipinski definition) is 11. The Bertz CT molecular complexity index is 1470. The van der Waals surface area contributed by atoms with Crippen LogP contribution in [0, 0.1) is 0 Å². The number of rotatable bonds is 10. The van der Waals surface area contributed by atoms with E-state index in [1.54, 1.807) is 25.3 Å².